The van der Waals surface area contributed by atoms with E-state index in [4.69, 9.17) is 4.98 Å². The fourth-order valence-corrected chi connectivity index (χ4v) is 5.31. The molecule has 0 radical (unpaired) electrons. The number of nitrogens with one attached hydrogen (secondary N) is 1. The lowest BCUT2D eigenvalue weighted by molar-refractivity contribution is -0.114. The number of sulfone groups is 1. The number of carbonyl (C=O) groups excluding carboxylic acids is 1. The van der Waals surface area contributed by atoms with Gasteiger partial charge in [0.1, 0.15) is 17.5 Å². The van der Waals surface area contributed by atoms with Crippen LogP contribution in [0.15, 0.2) is 24.4 Å². The van der Waals surface area contributed by atoms with Crippen LogP contribution in [0.25, 0.3) is 0 Å². The van der Waals surface area contributed by atoms with Crippen LogP contribution in [0.4, 0.5) is 23.1 Å². The van der Waals surface area contributed by atoms with Crippen LogP contribution in [0.1, 0.15) is 30.9 Å². The van der Waals surface area contributed by atoms with Crippen LogP contribution in [0.5, 0.6) is 0 Å². The Morgan fingerprint density at radius 2 is 1.90 bits per heavy atom. The van der Waals surface area contributed by atoms with Crippen molar-refractivity contribution in [3.8, 4) is 0 Å². The second-order valence-corrected chi connectivity index (χ2v) is 11.2. The first kappa shape index (κ1) is 19.3. The Hall–Kier alpha value is -2.68. The van der Waals surface area contributed by atoms with Gasteiger partial charge in [0.15, 0.2) is 9.84 Å². The molecule has 2 aromatic heterocycles. The summed E-state index contributed by atoms with van der Waals surface area (Å²) < 4.78 is 23.5. The lowest BCUT2D eigenvalue weighted by atomic mass is 10.0. The van der Waals surface area contributed by atoms with Crippen molar-refractivity contribution in [3.63, 3.8) is 0 Å². The molecule has 9 heteroatoms. The number of carbonyl (C=O) groups is 1. The fourth-order valence-electron chi connectivity index (χ4n) is 4.41. The van der Waals surface area contributed by atoms with E-state index in [1.165, 1.54) is 18.7 Å². The van der Waals surface area contributed by atoms with Crippen LogP contribution in [0.3, 0.4) is 0 Å². The van der Waals surface area contributed by atoms with Crippen LogP contribution < -0.4 is 15.1 Å². The van der Waals surface area contributed by atoms with Crippen molar-refractivity contribution in [1.29, 1.82) is 0 Å². The summed E-state index contributed by atoms with van der Waals surface area (Å²) in [5.74, 6) is 2.04. The van der Waals surface area contributed by atoms with Gasteiger partial charge in [-0.05, 0) is 37.5 Å². The van der Waals surface area contributed by atoms with Crippen molar-refractivity contribution in [3.05, 3.63) is 35.5 Å². The molecule has 0 unspecified atom stereocenters. The summed E-state index contributed by atoms with van der Waals surface area (Å²) in [6, 6.07) is 5.99. The molecule has 4 heterocycles. The van der Waals surface area contributed by atoms with Gasteiger partial charge in [-0.15, -0.1) is 0 Å². The first-order valence-corrected chi connectivity index (χ1v) is 12.1. The number of pyridine rings is 2. The fraction of sp³-hybridized carbons (Fsp3) is 0.476. The Balaban J connectivity index is 1.48. The number of aromatic nitrogens is 2. The maximum Gasteiger partial charge on any atom is 0.222 e. The van der Waals surface area contributed by atoms with Crippen LogP contribution in [0.2, 0.25) is 0 Å². The van der Waals surface area contributed by atoms with E-state index >= 15 is 0 Å². The zero-order chi connectivity index (χ0) is 21.3. The normalized spacial score (nSPS) is 19.6. The Kier molecular flexibility index (Phi) is 4.12. The summed E-state index contributed by atoms with van der Waals surface area (Å²) in [7, 11) is -3.03. The predicted octanol–water partition coefficient (Wildman–Crippen LogP) is 2.16. The number of aryl methyl sites for hydroxylation is 1. The van der Waals surface area contributed by atoms with Gasteiger partial charge in [-0.25, -0.2) is 18.4 Å². The first-order valence-electron chi connectivity index (χ1n) is 10.1. The van der Waals surface area contributed by atoms with Gasteiger partial charge in [0.25, 0.3) is 0 Å². The van der Waals surface area contributed by atoms with Gasteiger partial charge >= 0.3 is 0 Å². The van der Waals surface area contributed by atoms with E-state index < -0.39 is 9.84 Å². The third kappa shape index (κ3) is 3.21. The summed E-state index contributed by atoms with van der Waals surface area (Å²) in [6.07, 6.45) is 5.43. The van der Waals surface area contributed by atoms with E-state index in [9.17, 15) is 13.2 Å². The molecule has 2 aromatic rings. The molecule has 1 spiro atoms. The van der Waals surface area contributed by atoms with Gasteiger partial charge in [0.05, 0.1) is 10.9 Å². The molecule has 5 rings (SSSR count). The molecule has 0 bridgehead atoms. The molecule has 2 fully saturated rings. The smallest absolute Gasteiger partial charge is 0.222 e. The Bertz CT molecular complexity index is 1150. The summed E-state index contributed by atoms with van der Waals surface area (Å²) in [5.41, 5.74) is 3.45. The van der Waals surface area contributed by atoms with Gasteiger partial charge in [0, 0.05) is 56.1 Å². The van der Waals surface area contributed by atoms with Gasteiger partial charge in [0.2, 0.25) is 5.91 Å². The molecule has 1 amide bonds. The highest BCUT2D eigenvalue weighted by Gasteiger charge is 2.52. The van der Waals surface area contributed by atoms with E-state index in [0.717, 1.165) is 42.3 Å². The lowest BCUT2D eigenvalue weighted by Gasteiger charge is -2.39. The van der Waals surface area contributed by atoms with E-state index in [1.54, 1.807) is 0 Å². The maximum atomic E-state index is 11.8. The summed E-state index contributed by atoms with van der Waals surface area (Å²) in [5, 5.41) is 2.45. The summed E-state index contributed by atoms with van der Waals surface area (Å²) in [4.78, 5) is 25.0. The highest BCUT2D eigenvalue weighted by Crippen LogP contribution is 2.58. The van der Waals surface area contributed by atoms with Crippen molar-refractivity contribution in [2.24, 2.45) is 0 Å². The van der Waals surface area contributed by atoms with Crippen LogP contribution in [-0.4, -0.2) is 55.4 Å². The van der Waals surface area contributed by atoms with Gasteiger partial charge in [-0.1, -0.05) is 0 Å². The molecular formula is C21H25N5O3S. The SMILES string of the molecule is CC(=O)Nc1cc2c(cn1)C1(CC1)CN2c1cc(C)cc(N2CC(S(C)(=O)=O)C2)n1. The number of fused-ring (bicyclic) bond motifs is 2. The van der Waals surface area contributed by atoms with Gasteiger partial charge < -0.3 is 15.1 Å². The zero-order valence-corrected chi connectivity index (χ0v) is 18.2. The number of hydrogen-bond acceptors (Lipinski definition) is 7. The van der Waals surface area contributed by atoms with Crippen molar-refractivity contribution in [2.45, 2.75) is 37.4 Å². The minimum atomic E-state index is -3.03. The minimum Gasteiger partial charge on any atom is -0.354 e. The number of anilines is 4. The number of hydrogen-bond donors (Lipinski definition) is 1. The zero-order valence-electron chi connectivity index (χ0n) is 17.3. The largest absolute Gasteiger partial charge is 0.354 e. The minimum absolute atomic E-state index is 0.126. The molecule has 3 aliphatic rings. The third-order valence-electron chi connectivity index (χ3n) is 6.36. The standard InChI is InChI=1S/C21H25N5O3S/c1-13-6-19(25-10-15(11-25)30(3,28)29)24-20(7-13)26-12-21(4-5-21)16-9-22-18(8-17(16)26)23-14(2)27/h6-9,15H,4-5,10-12H2,1-3H3,(H,22,23,27). The predicted molar refractivity (Wildman–Crippen MR) is 116 cm³/mol. The van der Waals surface area contributed by atoms with Gasteiger partial charge in [-0.3, -0.25) is 4.79 Å². The van der Waals surface area contributed by atoms with E-state index in [2.05, 4.69) is 21.3 Å². The Labute approximate surface area is 176 Å². The molecule has 0 atom stereocenters. The number of rotatable bonds is 4. The monoisotopic (exact) mass is 427 g/mol. The third-order valence-corrected chi connectivity index (χ3v) is 7.87. The topological polar surface area (TPSA) is 95.5 Å². The number of amides is 1. The van der Waals surface area contributed by atoms with Crippen LogP contribution >= 0.6 is 0 Å². The molecule has 8 nitrogen and oxygen atoms in total. The molecule has 1 saturated heterocycles. The molecular weight excluding hydrogens is 402 g/mol. The second kappa shape index (κ2) is 6.41. The highest BCUT2D eigenvalue weighted by atomic mass is 32.2. The number of nitrogens with zero attached hydrogens (tertiary/aromatic N) is 4. The summed E-state index contributed by atoms with van der Waals surface area (Å²) in [6.45, 7) is 5.30. The quantitative estimate of drug-likeness (QED) is 0.799. The van der Waals surface area contributed by atoms with Crippen molar-refractivity contribution in [1.82, 2.24) is 9.97 Å². The maximum absolute atomic E-state index is 11.8. The molecule has 0 aromatic carbocycles. The molecule has 1 saturated carbocycles. The average molecular weight is 428 g/mol. The highest BCUT2D eigenvalue weighted by molar-refractivity contribution is 7.91. The molecule has 1 aliphatic carbocycles. The molecule has 158 valence electrons. The molecule has 1 N–H and O–H groups in total. The van der Waals surface area contributed by atoms with E-state index in [1.807, 2.05) is 30.2 Å². The van der Waals surface area contributed by atoms with Crippen LogP contribution in [-0.2, 0) is 20.0 Å². The molecule has 2 aliphatic heterocycles. The average Bonchev–Trinajstić information content (AvgIpc) is 3.29. The van der Waals surface area contributed by atoms with Gasteiger partial charge in [-0.2, -0.15) is 0 Å². The van der Waals surface area contributed by atoms with Crippen molar-refractivity contribution in [2.75, 3.05) is 41.0 Å². The van der Waals surface area contributed by atoms with E-state index in [-0.39, 0.29) is 16.6 Å². The van der Waals surface area contributed by atoms with Crippen molar-refractivity contribution >= 4 is 38.9 Å². The van der Waals surface area contributed by atoms with Crippen LogP contribution in [0, 0.1) is 6.92 Å². The Morgan fingerprint density at radius 1 is 1.20 bits per heavy atom. The second-order valence-electron chi connectivity index (χ2n) is 8.85. The summed E-state index contributed by atoms with van der Waals surface area (Å²) >= 11 is 0. The lowest BCUT2D eigenvalue weighted by Crippen LogP contribution is -2.54. The Morgan fingerprint density at radius 3 is 2.53 bits per heavy atom. The molecule has 30 heavy (non-hydrogen) atoms. The van der Waals surface area contributed by atoms with Crippen molar-refractivity contribution < 1.29 is 13.2 Å². The van der Waals surface area contributed by atoms with E-state index in [0.29, 0.717) is 18.9 Å². The first-order chi connectivity index (χ1) is 14.1.